The van der Waals surface area contributed by atoms with Gasteiger partial charge in [0, 0.05) is 5.56 Å². The molecule has 4 bridgehead atoms. The molecule has 3 aromatic carbocycles. The second kappa shape index (κ2) is 10.0. The number of hydrogen-bond donors (Lipinski definition) is 1. The number of urea groups is 1. The molecular weight excluding hydrogens is 544 g/mol. The van der Waals surface area contributed by atoms with Gasteiger partial charge < -0.3 is 14.2 Å². The van der Waals surface area contributed by atoms with E-state index in [2.05, 4.69) is 17.4 Å². The van der Waals surface area contributed by atoms with Gasteiger partial charge >= 0.3 is 6.03 Å². The van der Waals surface area contributed by atoms with Gasteiger partial charge in [0.1, 0.15) is 17.9 Å². The Morgan fingerprint density at radius 1 is 0.860 bits per heavy atom. The minimum absolute atomic E-state index is 0.135. The van der Waals surface area contributed by atoms with Crippen LogP contribution in [0.5, 0.6) is 17.2 Å². The number of benzene rings is 3. The zero-order chi connectivity index (χ0) is 29.1. The van der Waals surface area contributed by atoms with E-state index in [1.165, 1.54) is 50.2 Å². The molecule has 4 saturated carbocycles. The molecule has 0 aromatic heterocycles. The summed E-state index contributed by atoms with van der Waals surface area (Å²) in [6.07, 6.45) is 9.30. The third kappa shape index (κ3) is 4.56. The number of ether oxygens (including phenoxy) is 3. The number of hydrogen-bond acceptors (Lipinski definition) is 6. The van der Waals surface area contributed by atoms with Crippen molar-refractivity contribution in [3.63, 3.8) is 0 Å². The van der Waals surface area contributed by atoms with Crippen molar-refractivity contribution >= 4 is 29.6 Å². The third-order valence-electron chi connectivity index (χ3n) is 9.93. The van der Waals surface area contributed by atoms with Crippen molar-refractivity contribution in [1.29, 1.82) is 0 Å². The van der Waals surface area contributed by atoms with Crippen molar-refractivity contribution in [2.45, 2.75) is 50.5 Å². The summed E-state index contributed by atoms with van der Waals surface area (Å²) in [5.74, 6) is 2.92. The quantitative estimate of drug-likeness (QED) is 0.280. The van der Waals surface area contributed by atoms with Crippen molar-refractivity contribution < 1.29 is 28.6 Å². The molecule has 8 nitrogen and oxygen atoms in total. The highest BCUT2D eigenvalue weighted by Crippen LogP contribution is 2.60. The minimum Gasteiger partial charge on any atom is -0.488 e. The van der Waals surface area contributed by atoms with E-state index in [0.29, 0.717) is 28.5 Å². The standard InChI is InChI=1S/C35H32N2O6/c38-32-28(15-25-3-1-2-4-29(25)41-19-21-5-10-30-31(14-21)43-20-42-30)33(39)37(34(40)36-32)27-8-6-26(7-9-27)35-16-22-11-23(17-35)13-24(12-22)18-35/h1-10,14-15,22-24H,11-13,16-20H2,(H,36,38,40)/b28-15+. The number of rotatable bonds is 6. The van der Waals surface area contributed by atoms with Gasteiger partial charge in [-0.25, -0.2) is 9.69 Å². The van der Waals surface area contributed by atoms with Crippen LogP contribution >= 0.6 is 0 Å². The van der Waals surface area contributed by atoms with Gasteiger partial charge in [0.05, 0.1) is 5.69 Å². The Labute approximate surface area is 249 Å². The minimum atomic E-state index is -0.748. The van der Waals surface area contributed by atoms with E-state index in [9.17, 15) is 14.4 Å². The maximum Gasteiger partial charge on any atom is 0.335 e. The molecule has 0 spiro atoms. The van der Waals surface area contributed by atoms with Crippen LogP contribution in [0, 0.1) is 17.8 Å². The van der Waals surface area contributed by atoms with Crippen molar-refractivity contribution in [1.82, 2.24) is 5.32 Å². The molecule has 218 valence electrons. The first-order chi connectivity index (χ1) is 20.9. The lowest BCUT2D eigenvalue weighted by molar-refractivity contribution is -0.122. The van der Waals surface area contributed by atoms with E-state index in [1.807, 2.05) is 36.4 Å². The third-order valence-corrected chi connectivity index (χ3v) is 9.93. The number of imide groups is 2. The molecule has 2 aliphatic heterocycles. The van der Waals surface area contributed by atoms with E-state index < -0.39 is 17.8 Å². The first kappa shape index (κ1) is 26.1. The number of barbiturate groups is 1. The smallest absolute Gasteiger partial charge is 0.335 e. The van der Waals surface area contributed by atoms with Crippen molar-refractivity contribution in [2.75, 3.05) is 11.7 Å². The molecule has 9 rings (SSSR count). The van der Waals surface area contributed by atoms with Crippen LogP contribution in [-0.4, -0.2) is 24.6 Å². The molecule has 4 aliphatic carbocycles. The summed E-state index contributed by atoms with van der Waals surface area (Å²) in [6.45, 7) is 0.440. The maximum absolute atomic E-state index is 13.7. The van der Waals surface area contributed by atoms with E-state index in [1.54, 1.807) is 18.2 Å². The second-order valence-corrected chi connectivity index (χ2v) is 12.7. The second-order valence-electron chi connectivity index (χ2n) is 12.7. The van der Waals surface area contributed by atoms with Gasteiger partial charge in [-0.3, -0.25) is 14.9 Å². The number of nitrogens with zero attached hydrogens (tertiary/aromatic N) is 1. The Hall–Kier alpha value is -4.59. The first-order valence-corrected chi connectivity index (χ1v) is 15.1. The molecule has 2 heterocycles. The van der Waals surface area contributed by atoms with Gasteiger partial charge in [-0.1, -0.05) is 36.4 Å². The van der Waals surface area contributed by atoms with Crippen LogP contribution in [0.3, 0.4) is 0 Å². The molecule has 5 fully saturated rings. The van der Waals surface area contributed by atoms with Crippen LogP contribution in [0.2, 0.25) is 0 Å². The number of carbonyl (C=O) groups is 3. The van der Waals surface area contributed by atoms with Crippen LogP contribution in [0.25, 0.3) is 6.08 Å². The monoisotopic (exact) mass is 576 g/mol. The molecule has 1 N–H and O–H groups in total. The summed E-state index contributed by atoms with van der Waals surface area (Å²) in [4.78, 5) is 40.5. The molecule has 0 unspecified atom stereocenters. The SMILES string of the molecule is O=C1NC(=O)N(c2ccc(C34CC5CC(CC(C5)C3)C4)cc2)C(=O)/C1=C/c1ccccc1OCc1ccc2c(c1)OCO2. The number of carbonyl (C=O) groups excluding carboxylic acids is 3. The van der Waals surface area contributed by atoms with Gasteiger partial charge in [0.15, 0.2) is 11.5 Å². The van der Waals surface area contributed by atoms with Crippen molar-refractivity contribution in [3.05, 3.63) is 89.0 Å². The molecule has 1 saturated heterocycles. The fourth-order valence-corrected chi connectivity index (χ4v) is 8.40. The molecule has 0 atom stereocenters. The number of fused-ring (bicyclic) bond motifs is 1. The molecule has 6 aliphatic rings. The van der Waals surface area contributed by atoms with Gasteiger partial charge in [-0.2, -0.15) is 0 Å². The molecule has 8 heteroatoms. The molecule has 43 heavy (non-hydrogen) atoms. The highest BCUT2D eigenvalue weighted by atomic mass is 16.7. The van der Waals surface area contributed by atoms with Gasteiger partial charge in [0.2, 0.25) is 6.79 Å². The highest BCUT2D eigenvalue weighted by Gasteiger charge is 2.51. The van der Waals surface area contributed by atoms with Crippen LogP contribution < -0.4 is 24.4 Å². The lowest BCUT2D eigenvalue weighted by Gasteiger charge is -2.57. The largest absolute Gasteiger partial charge is 0.488 e. The van der Waals surface area contributed by atoms with Gasteiger partial charge in [0.25, 0.3) is 11.8 Å². The molecule has 4 amide bonds. The Kier molecular flexibility index (Phi) is 6.06. The molecule has 0 radical (unpaired) electrons. The Morgan fingerprint density at radius 3 is 2.30 bits per heavy atom. The van der Waals surface area contributed by atoms with Crippen LogP contribution in [0.1, 0.15) is 55.2 Å². The summed E-state index contributed by atoms with van der Waals surface area (Å²) in [7, 11) is 0. The van der Waals surface area contributed by atoms with Gasteiger partial charge in [-0.15, -0.1) is 0 Å². The fraction of sp³-hybridized carbons (Fsp3) is 0.343. The average Bonchev–Trinajstić information content (AvgIpc) is 3.46. The van der Waals surface area contributed by atoms with E-state index in [4.69, 9.17) is 14.2 Å². The first-order valence-electron chi connectivity index (χ1n) is 15.1. The lowest BCUT2D eigenvalue weighted by atomic mass is 9.48. The number of nitrogens with one attached hydrogen (secondary N) is 1. The normalized spacial score (nSPS) is 28.0. The maximum atomic E-state index is 13.7. The fourth-order valence-electron chi connectivity index (χ4n) is 8.40. The predicted molar refractivity (Wildman–Crippen MR) is 159 cm³/mol. The predicted octanol–water partition coefficient (Wildman–Crippen LogP) is 6.13. The summed E-state index contributed by atoms with van der Waals surface area (Å²) in [6, 6.07) is 19.9. The Balaban J connectivity index is 1.03. The summed E-state index contributed by atoms with van der Waals surface area (Å²) >= 11 is 0. The Morgan fingerprint density at radius 2 is 1.56 bits per heavy atom. The zero-order valence-corrected chi connectivity index (χ0v) is 23.7. The van der Waals surface area contributed by atoms with Crippen molar-refractivity contribution in [3.8, 4) is 17.2 Å². The van der Waals surface area contributed by atoms with Crippen LogP contribution in [0.15, 0.2) is 72.3 Å². The summed E-state index contributed by atoms with van der Waals surface area (Å²) in [5.41, 5.74) is 3.26. The Bertz CT molecular complexity index is 1640. The van der Waals surface area contributed by atoms with Crippen LogP contribution in [0.4, 0.5) is 10.5 Å². The summed E-state index contributed by atoms with van der Waals surface area (Å²) in [5, 5.41) is 2.35. The van der Waals surface area contributed by atoms with Crippen LogP contribution in [-0.2, 0) is 21.6 Å². The van der Waals surface area contributed by atoms with E-state index in [0.717, 1.165) is 28.2 Å². The zero-order valence-electron chi connectivity index (χ0n) is 23.7. The number of amides is 4. The highest BCUT2D eigenvalue weighted by molar-refractivity contribution is 6.39. The topological polar surface area (TPSA) is 94.2 Å². The molecular formula is C35H32N2O6. The van der Waals surface area contributed by atoms with E-state index in [-0.39, 0.29) is 24.4 Å². The number of para-hydroxylation sites is 1. The lowest BCUT2D eigenvalue weighted by Crippen LogP contribution is -2.54. The average molecular weight is 577 g/mol. The van der Waals surface area contributed by atoms with E-state index >= 15 is 0 Å². The molecule has 3 aromatic rings. The number of anilines is 1. The summed E-state index contributed by atoms with van der Waals surface area (Å²) < 4.78 is 16.9. The van der Waals surface area contributed by atoms with Gasteiger partial charge in [-0.05, 0) is 109 Å². The van der Waals surface area contributed by atoms with Crippen molar-refractivity contribution in [2.24, 2.45) is 17.8 Å².